The SMILES string of the molecule is CCOCC1CCCN(c2nccc(C)n2)C1. The van der Waals surface area contributed by atoms with Crippen LogP contribution in [0.1, 0.15) is 25.5 Å². The summed E-state index contributed by atoms with van der Waals surface area (Å²) in [4.78, 5) is 11.1. The highest BCUT2D eigenvalue weighted by molar-refractivity contribution is 5.30. The largest absolute Gasteiger partial charge is 0.381 e. The third-order valence-electron chi connectivity index (χ3n) is 3.14. The highest BCUT2D eigenvalue weighted by atomic mass is 16.5. The van der Waals surface area contributed by atoms with Gasteiger partial charge in [0.1, 0.15) is 0 Å². The van der Waals surface area contributed by atoms with E-state index in [1.54, 1.807) is 0 Å². The van der Waals surface area contributed by atoms with Crippen molar-refractivity contribution >= 4 is 5.95 Å². The second kappa shape index (κ2) is 5.96. The van der Waals surface area contributed by atoms with Gasteiger partial charge in [0.25, 0.3) is 0 Å². The summed E-state index contributed by atoms with van der Waals surface area (Å²) in [5.74, 6) is 1.49. The molecule has 0 aromatic carbocycles. The Bertz CT molecular complexity index is 356. The van der Waals surface area contributed by atoms with Crippen LogP contribution in [0.2, 0.25) is 0 Å². The molecule has 1 aliphatic heterocycles. The van der Waals surface area contributed by atoms with E-state index in [0.717, 1.165) is 37.9 Å². The summed E-state index contributed by atoms with van der Waals surface area (Å²) in [6.07, 6.45) is 4.29. The number of aryl methyl sites for hydroxylation is 1. The van der Waals surface area contributed by atoms with Gasteiger partial charge in [-0.05, 0) is 38.7 Å². The fourth-order valence-electron chi connectivity index (χ4n) is 2.26. The first-order valence-corrected chi connectivity index (χ1v) is 6.42. The number of aromatic nitrogens is 2. The zero-order chi connectivity index (χ0) is 12.1. The van der Waals surface area contributed by atoms with Crippen molar-refractivity contribution in [1.29, 1.82) is 0 Å². The first-order valence-electron chi connectivity index (χ1n) is 6.42. The Labute approximate surface area is 103 Å². The summed E-state index contributed by atoms with van der Waals surface area (Å²) in [6.45, 7) is 7.79. The monoisotopic (exact) mass is 235 g/mol. The van der Waals surface area contributed by atoms with Crippen LogP contribution in [0.3, 0.4) is 0 Å². The van der Waals surface area contributed by atoms with E-state index in [0.29, 0.717) is 5.92 Å². The third-order valence-corrected chi connectivity index (χ3v) is 3.14. The fourth-order valence-corrected chi connectivity index (χ4v) is 2.26. The predicted molar refractivity (Wildman–Crippen MR) is 68.2 cm³/mol. The Kier molecular flexibility index (Phi) is 4.31. The Morgan fingerprint density at radius 2 is 2.41 bits per heavy atom. The molecule has 4 nitrogen and oxygen atoms in total. The first-order chi connectivity index (χ1) is 8.29. The van der Waals surface area contributed by atoms with Gasteiger partial charge in [0, 0.05) is 31.6 Å². The van der Waals surface area contributed by atoms with Crippen LogP contribution in [0, 0.1) is 12.8 Å². The maximum absolute atomic E-state index is 5.51. The number of hydrogen-bond donors (Lipinski definition) is 0. The van der Waals surface area contributed by atoms with Crippen molar-refractivity contribution in [2.75, 3.05) is 31.2 Å². The molecule has 94 valence electrons. The zero-order valence-corrected chi connectivity index (χ0v) is 10.7. The van der Waals surface area contributed by atoms with E-state index < -0.39 is 0 Å². The highest BCUT2D eigenvalue weighted by Gasteiger charge is 2.21. The molecule has 0 amide bonds. The quantitative estimate of drug-likeness (QED) is 0.800. The van der Waals surface area contributed by atoms with Crippen LogP contribution in [-0.4, -0.2) is 36.3 Å². The Balaban J connectivity index is 1.97. The molecular formula is C13H21N3O. The standard InChI is InChI=1S/C13H21N3O/c1-3-17-10-12-5-4-8-16(9-12)13-14-7-6-11(2)15-13/h6-7,12H,3-5,8-10H2,1-2H3. The van der Waals surface area contributed by atoms with E-state index in [9.17, 15) is 0 Å². The summed E-state index contributed by atoms with van der Waals surface area (Å²) in [5.41, 5.74) is 1.03. The molecule has 1 aromatic heterocycles. The molecule has 0 bridgehead atoms. The van der Waals surface area contributed by atoms with Gasteiger partial charge in [-0.2, -0.15) is 0 Å². The maximum atomic E-state index is 5.51. The van der Waals surface area contributed by atoms with E-state index in [1.165, 1.54) is 12.8 Å². The summed E-state index contributed by atoms with van der Waals surface area (Å²) in [6, 6.07) is 1.94. The molecule has 1 unspecified atom stereocenters. The van der Waals surface area contributed by atoms with Crippen LogP contribution in [0.4, 0.5) is 5.95 Å². The molecule has 4 heteroatoms. The number of rotatable bonds is 4. The van der Waals surface area contributed by atoms with Crippen molar-refractivity contribution in [3.05, 3.63) is 18.0 Å². The second-order valence-electron chi connectivity index (χ2n) is 4.61. The fraction of sp³-hybridized carbons (Fsp3) is 0.692. The second-order valence-corrected chi connectivity index (χ2v) is 4.61. The molecule has 1 atom stereocenters. The molecule has 1 aliphatic rings. The summed E-state index contributed by atoms with van der Waals surface area (Å²) >= 11 is 0. The van der Waals surface area contributed by atoms with Gasteiger partial charge in [-0.25, -0.2) is 9.97 Å². The van der Waals surface area contributed by atoms with Crippen LogP contribution in [0.15, 0.2) is 12.3 Å². The van der Waals surface area contributed by atoms with Crippen molar-refractivity contribution in [1.82, 2.24) is 9.97 Å². The molecule has 1 fully saturated rings. The summed E-state index contributed by atoms with van der Waals surface area (Å²) in [7, 11) is 0. The maximum Gasteiger partial charge on any atom is 0.225 e. The minimum absolute atomic E-state index is 0.618. The molecule has 0 radical (unpaired) electrons. The molecule has 17 heavy (non-hydrogen) atoms. The molecule has 0 spiro atoms. The Hall–Kier alpha value is -1.16. The van der Waals surface area contributed by atoms with Crippen LogP contribution in [0.25, 0.3) is 0 Å². The number of piperidine rings is 1. The van der Waals surface area contributed by atoms with Gasteiger partial charge in [-0.3, -0.25) is 0 Å². The predicted octanol–water partition coefficient (Wildman–Crippen LogP) is 2.04. The first kappa shape index (κ1) is 12.3. The minimum atomic E-state index is 0.618. The highest BCUT2D eigenvalue weighted by Crippen LogP contribution is 2.20. The van der Waals surface area contributed by atoms with Crippen molar-refractivity contribution in [3.63, 3.8) is 0 Å². The molecule has 1 saturated heterocycles. The van der Waals surface area contributed by atoms with Crippen molar-refractivity contribution in [2.45, 2.75) is 26.7 Å². The normalized spacial score (nSPS) is 20.6. The lowest BCUT2D eigenvalue weighted by Gasteiger charge is -2.32. The third kappa shape index (κ3) is 3.40. The molecule has 0 aliphatic carbocycles. The van der Waals surface area contributed by atoms with Crippen LogP contribution < -0.4 is 4.90 Å². The average Bonchev–Trinajstić information content (AvgIpc) is 2.37. The number of anilines is 1. The summed E-state index contributed by atoms with van der Waals surface area (Å²) in [5, 5.41) is 0. The van der Waals surface area contributed by atoms with E-state index in [1.807, 2.05) is 26.1 Å². The molecule has 2 heterocycles. The smallest absolute Gasteiger partial charge is 0.225 e. The van der Waals surface area contributed by atoms with Crippen molar-refractivity contribution < 1.29 is 4.74 Å². The lowest BCUT2D eigenvalue weighted by Crippen LogP contribution is -2.38. The molecule has 0 N–H and O–H groups in total. The molecular weight excluding hydrogens is 214 g/mol. The number of ether oxygens (including phenoxy) is 1. The van der Waals surface area contributed by atoms with Crippen molar-refractivity contribution in [2.24, 2.45) is 5.92 Å². The van der Waals surface area contributed by atoms with E-state index in [4.69, 9.17) is 4.74 Å². The van der Waals surface area contributed by atoms with Gasteiger partial charge in [0.05, 0.1) is 6.61 Å². The zero-order valence-electron chi connectivity index (χ0n) is 10.7. The summed E-state index contributed by atoms with van der Waals surface area (Å²) < 4.78 is 5.51. The van der Waals surface area contributed by atoms with Crippen LogP contribution >= 0.6 is 0 Å². The van der Waals surface area contributed by atoms with Gasteiger partial charge in [-0.15, -0.1) is 0 Å². The van der Waals surface area contributed by atoms with E-state index in [2.05, 4.69) is 14.9 Å². The van der Waals surface area contributed by atoms with Gasteiger partial charge < -0.3 is 9.64 Å². The van der Waals surface area contributed by atoms with E-state index in [-0.39, 0.29) is 0 Å². The lowest BCUT2D eigenvalue weighted by molar-refractivity contribution is 0.104. The molecule has 0 saturated carbocycles. The van der Waals surface area contributed by atoms with Crippen molar-refractivity contribution in [3.8, 4) is 0 Å². The Morgan fingerprint density at radius 1 is 1.53 bits per heavy atom. The van der Waals surface area contributed by atoms with E-state index >= 15 is 0 Å². The molecule has 2 rings (SSSR count). The number of nitrogens with zero attached hydrogens (tertiary/aromatic N) is 3. The van der Waals surface area contributed by atoms with Gasteiger partial charge in [-0.1, -0.05) is 0 Å². The van der Waals surface area contributed by atoms with Crippen LogP contribution in [-0.2, 0) is 4.74 Å². The molecule has 1 aromatic rings. The topological polar surface area (TPSA) is 38.2 Å². The minimum Gasteiger partial charge on any atom is -0.381 e. The van der Waals surface area contributed by atoms with Gasteiger partial charge in [0.15, 0.2) is 0 Å². The number of hydrogen-bond acceptors (Lipinski definition) is 4. The van der Waals surface area contributed by atoms with Gasteiger partial charge >= 0.3 is 0 Å². The van der Waals surface area contributed by atoms with Gasteiger partial charge in [0.2, 0.25) is 5.95 Å². The Morgan fingerprint density at radius 3 is 3.18 bits per heavy atom. The van der Waals surface area contributed by atoms with Crippen LogP contribution in [0.5, 0.6) is 0 Å². The lowest BCUT2D eigenvalue weighted by atomic mass is 9.99. The average molecular weight is 235 g/mol.